The monoisotopic (exact) mass is 272 g/mol. The lowest BCUT2D eigenvalue weighted by atomic mass is 9.81. The fraction of sp³-hybridized carbons (Fsp3) is 0.462. The number of aliphatic hydroxyl groups excluding tert-OH is 1. The maximum Gasteiger partial charge on any atom is 0.138 e. The molecule has 1 fully saturated rings. The molecule has 0 aliphatic heterocycles. The Morgan fingerprint density at radius 3 is 2.47 bits per heavy atom. The van der Waals surface area contributed by atoms with Crippen LogP contribution in [0.5, 0.6) is 0 Å². The number of rotatable bonds is 2. The van der Waals surface area contributed by atoms with Crippen LogP contribution < -0.4 is 0 Å². The van der Waals surface area contributed by atoms with Crippen LogP contribution in [0.2, 0.25) is 10.0 Å². The van der Waals surface area contributed by atoms with Crippen molar-refractivity contribution in [2.75, 3.05) is 0 Å². The SMILES string of the molecule is O=C1CCCC[C@H]1[C@H](O)c1c(Cl)cccc1Cl. The first-order chi connectivity index (χ1) is 8.11. The number of benzene rings is 1. The fourth-order valence-corrected chi connectivity index (χ4v) is 2.96. The van der Waals surface area contributed by atoms with Gasteiger partial charge in [-0.3, -0.25) is 4.79 Å². The molecule has 1 N–H and O–H groups in total. The normalized spacial score (nSPS) is 22.5. The third kappa shape index (κ3) is 2.65. The molecule has 1 aromatic carbocycles. The average Bonchev–Trinajstić information content (AvgIpc) is 2.29. The van der Waals surface area contributed by atoms with E-state index in [-0.39, 0.29) is 11.7 Å². The number of Topliss-reactive ketones (excluding diaryl/α,β-unsaturated/α-hetero) is 1. The van der Waals surface area contributed by atoms with Gasteiger partial charge in [-0.15, -0.1) is 0 Å². The molecule has 0 saturated heterocycles. The van der Waals surface area contributed by atoms with Gasteiger partial charge in [-0.05, 0) is 25.0 Å². The lowest BCUT2D eigenvalue weighted by Crippen LogP contribution is -2.25. The number of hydrogen-bond acceptors (Lipinski definition) is 2. The summed E-state index contributed by atoms with van der Waals surface area (Å²) < 4.78 is 0. The minimum atomic E-state index is -0.885. The molecule has 4 heteroatoms. The molecular formula is C13H14Cl2O2. The lowest BCUT2D eigenvalue weighted by molar-refractivity contribution is -0.128. The molecule has 17 heavy (non-hydrogen) atoms. The molecule has 0 radical (unpaired) electrons. The van der Waals surface area contributed by atoms with E-state index in [2.05, 4.69) is 0 Å². The van der Waals surface area contributed by atoms with Gasteiger partial charge in [0.25, 0.3) is 0 Å². The number of halogens is 2. The smallest absolute Gasteiger partial charge is 0.138 e. The first kappa shape index (κ1) is 12.9. The highest BCUT2D eigenvalue weighted by atomic mass is 35.5. The zero-order valence-electron chi connectivity index (χ0n) is 9.33. The van der Waals surface area contributed by atoms with Crippen LogP contribution in [0.4, 0.5) is 0 Å². The third-order valence-corrected chi connectivity index (χ3v) is 3.94. The van der Waals surface area contributed by atoms with Crippen LogP contribution in [0.3, 0.4) is 0 Å². The second kappa shape index (κ2) is 5.38. The molecular weight excluding hydrogens is 259 g/mol. The van der Waals surface area contributed by atoms with Crippen LogP contribution in [0.25, 0.3) is 0 Å². The maximum atomic E-state index is 11.8. The van der Waals surface area contributed by atoms with E-state index in [1.807, 2.05) is 0 Å². The van der Waals surface area contributed by atoms with Crippen LogP contribution in [0.1, 0.15) is 37.4 Å². The van der Waals surface area contributed by atoms with E-state index in [0.29, 0.717) is 28.5 Å². The Kier molecular flexibility index (Phi) is 4.08. The van der Waals surface area contributed by atoms with Gasteiger partial charge < -0.3 is 5.11 Å². The standard InChI is InChI=1S/C13H14Cl2O2/c14-9-5-3-6-10(15)12(9)13(17)8-4-1-2-7-11(8)16/h3,5-6,8,13,17H,1-2,4,7H2/t8-,13+/m1/s1. The van der Waals surface area contributed by atoms with E-state index >= 15 is 0 Å². The molecule has 0 spiro atoms. The highest BCUT2D eigenvalue weighted by molar-refractivity contribution is 6.36. The zero-order chi connectivity index (χ0) is 12.4. The Morgan fingerprint density at radius 2 is 1.88 bits per heavy atom. The largest absolute Gasteiger partial charge is 0.388 e. The molecule has 2 nitrogen and oxygen atoms in total. The Labute approximate surface area is 111 Å². The molecule has 0 bridgehead atoms. The summed E-state index contributed by atoms with van der Waals surface area (Å²) in [5.41, 5.74) is 0.482. The van der Waals surface area contributed by atoms with Gasteiger partial charge in [-0.2, -0.15) is 0 Å². The molecule has 1 aromatic rings. The molecule has 92 valence electrons. The van der Waals surface area contributed by atoms with Gasteiger partial charge in [0.1, 0.15) is 5.78 Å². The van der Waals surface area contributed by atoms with E-state index in [0.717, 1.165) is 12.8 Å². The van der Waals surface area contributed by atoms with E-state index in [1.165, 1.54) is 0 Å². The van der Waals surface area contributed by atoms with Gasteiger partial charge in [0.15, 0.2) is 0 Å². The minimum absolute atomic E-state index is 0.111. The molecule has 0 amide bonds. The first-order valence-corrected chi connectivity index (χ1v) is 6.51. The number of aliphatic hydroxyl groups is 1. The Balaban J connectivity index is 2.29. The molecule has 2 rings (SSSR count). The number of hydrogen-bond donors (Lipinski definition) is 1. The maximum absolute atomic E-state index is 11.8. The summed E-state index contributed by atoms with van der Waals surface area (Å²) >= 11 is 12.1. The van der Waals surface area contributed by atoms with Crippen molar-refractivity contribution in [3.05, 3.63) is 33.8 Å². The lowest BCUT2D eigenvalue weighted by Gasteiger charge is -2.26. The van der Waals surface area contributed by atoms with E-state index in [9.17, 15) is 9.90 Å². The molecule has 0 unspecified atom stereocenters. The summed E-state index contributed by atoms with van der Waals surface area (Å²) in [6, 6.07) is 5.09. The van der Waals surface area contributed by atoms with Crippen molar-refractivity contribution >= 4 is 29.0 Å². The quantitative estimate of drug-likeness (QED) is 0.890. The predicted octanol–water partition coefficient (Wildman–Crippen LogP) is 3.79. The molecule has 1 aliphatic rings. The van der Waals surface area contributed by atoms with Crippen molar-refractivity contribution in [3.63, 3.8) is 0 Å². The topological polar surface area (TPSA) is 37.3 Å². The average molecular weight is 273 g/mol. The zero-order valence-corrected chi connectivity index (χ0v) is 10.8. The van der Waals surface area contributed by atoms with Crippen LogP contribution >= 0.6 is 23.2 Å². The Hall–Kier alpha value is -0.570. The van der Waals surface area contributed by atoms with Gasteiger partial charge >= 0.3 is 0 Å². The summed E-state index contributed by atoms with van der Waals surface area (Å²) in [4.78, 5) is 11.8. The van der Waals surface area contributed by atoms with Crippen molar-refractivity contribution in [3.8, 4) is 0 Å². The van der Waals surface area contributed by atoms with Gasteiger partial charge in [-0.25, -0.2) is 0 Å². The summed E-state index contributed by atoms with van der Waals surface area (Å²) in [5, 5.41) is 11.1. The molecule has 0 heterocycles. The molecule has 1 saturated carbocycles. The summed E-state index contributed by atoms with van der Waals surface area (Å²) in [5.74, 6) is -0.249. The van der Waals surface area contributed by atoms with Gasteiger partial charge in [0.05, 0.1) is 6.10 Å². The van der Waals surface area contributed by atoms with Crippen LogP contribution in [0, 0.1) is 5.92 Å². The molecule has 1 aliphatic carbocycles. The third-order valence-electron chi connectivity index (χ3n) is 3.28. The Bertz CT molecular complexity index is 411. The van der Waals surface area contributed by atoms with Gasteiger partial charge in [0.2, 0.25) is 0 Å². The van der Waals surface area contributed by atoms with E-state index in [4.69, 9.17) is 23.2 Å². The highest BCUT2D eigenvalue weighted by Crippen LogP contribution is 2.38. The van der Waals surface area contributed by atoms with Crippen LogP contribution in [-0.4, -0.2) is 10.9 Å². The second-order valence-corrected chi connectivity index (χ2v) is 5.21. The highest BCUT2D eigenvalue weighted by Gasteiger charge is 2.32. The molecule has 2 atom stereocenters. The van der Waals surface area contributed by atoms with Crippen molar-refractivity contribution in [2.24, 2.45) is 5.92 Å². The van der Waals surface area contributed by atoms with Gasteiger partial charge in [0, 0.05) is 27.9 Å². The van der Waals surface area contributed by atoms with Crippen LogP contribution in [0.15, 0.2) is 18.2 Å². The number of ketones is 1. The number of carbonyl (C=O) groups is 1. The van der Waals surface area contributed by atoms with E-state index in [1.54, 1.807) is 18.2 Å². The Morgan fingerprint density at radius 1 is 1.24 bits per heavy atom. The summed E-state index contributed by atoms with van der Waals surface area (Å²) in [7, 11) is 0. The van der Waals surface area contributed by atoms with Crippen molar-refractivity contribution < 1.29 is 9.90 Å². The second-order valence-electron chi connectivity index (χ2n) is 4.40. The summed E-state index contributed by atoms with van der Waals surface area (Å²) in [6.45, 7) is 0. The minimum Gasteiger partial charge on any atom is -0.388 e. The molecule has 0 aromatic heterocycles. The first-order valence-electron chi connectivity index (χ1n) is 5.76. The predicted molar refractivity (Wildman–Crippen MR) is 68.4 cm³/mol. The van der Waals surface area contributed by atoms with Gasteiger partial charge in [-0.1, -0.05) is 35.7 Å². The van der Waals surface area contributed by atoms with Crippen molar-refractivity contribution in [1.29, 1.82) is 0 Å². The van der Waals surface area contributed by atoms with Crippen molar-refractivity contribution in [1.82, 2.24) is 0 Å². The van der Waals surface area contributed by atoms with Crippen LogP contribution in [-0.2, 0) is 4.79 Å². The van der Waals surface area contributed by atoms with Crippen molar-refractivity contribution in [2.45, 2.75) is 31.8 Å². The summed E-state index contributed by atoms with van der Waals surface area (Å²) in [6.07, 6.45) is 2.25. The number of carbonyl (C=O) groups excluding carboxylic acids is 1. The fourth-order valence-electron chi connectivity index (χ4n) is 2.34. The van der Waals surface area contributed by atoms with E-state index < -0.39 is 6.10 Å².